The molecule has 2 heterocycles. The molecule has 1 aliphatic heterocycles. The third kappa shape index (κ3) is 3.69. The minimum Gasteiger partial charge on any atom is -0.345 e. The Morgan fingerprint density at radius 2 is 1.96 bits per heavy atom. The number of carbonyl (C=O) groups excluding carboxylic acids is 1. The molecule has 1 aliphatic rings. The summed E-state index contributed by atoms with van der Waals surface area (Å²) in [5.74, 6) is 0.120. The number of likely N-dealkylation sites (tertiary alicyclic amines) is 1. The molecule has 3 nitrogen and oxygen atoms in total. The van der Waals surface area contributed by atoms with Gasteiger partial charge in [-0.25, -0.2) is 0 Å². The average Bonchev–Trinajstić information content (AvgIpc) is 3.04. The summed E-state index contributed by atoms with van der Waals surface area (Å²) in [5.41, 5.74) is 3.88. The van der Waals surface area contributed by atoms with Gasteiger partial charge in [0.1, 0.15) is 0 Å². The van der Waals surface area contributed by atoms with Crippen molar-refractivity contribution in [3.63, 3.8) is 0 Å². The number of aromatic nitrogens is 1. The summed E-state index contributed by atoms with van der Waals surface area (Å²) in [7, 11) is 2.22. The number of likely N-dealkylation sites (N-methyl/N-ethyl adjacent to an activating group) is 1. The van der Waals surface area contributed by atoms with E-state index in [4.69, 9.17) is 0 Å². The molecule has 4 rings (SSSR count). The third-order valence-corrected chi connectivity index (χ3v) is 6.67. The molecule has 0 saturated carbocycles. The van der Waals surface area contributed by atoms with E-state index in [-0.39, 0.29) is 5.78 Å². The lowest BCUT2D eigenvalue weighted by Gasteiger charge is -2.32. The van der Waals surface area contributed by atoms with Crippen molar-refractivity contribution >= 4 is 39.3 Å². The van der Waals surface area contributed by atoms with E-state index in [0.29, 0.717) is 6.04 Å². The molecule has 0 radical (unpaired) electrons. The minimum atomic E-state index is 0.120. The fourth-order valence-electron chi connectivity index (χ4n) is 4.14. The molecule has 4 heteroatoms. The Morgan fingerprint density at radius 3 is 2.78 bits per heavy atom. The molecule has 1 unspecified atom stereocenters. The maximum Gasteiger partial charge on any atom is 0.196 e. The van der Waals surface area contributed by atoms with Crippen molar-refractivity contribution in [1.29, 1.82) is 0 Å². The van der Waals surface area contributed by atoms with Crippen LogP contribution in [-0.4, -0.2) is 34.9 Å². The highest BCUT2D eigenvalue weighted by molar-refractivity contribution is 14.1. The van der Waals surface area contributed by atoms with Crippen LogP contribution >= 0.6 is 22.6 Å². The van der Waals surface area contributed by atoms with E-state index >= 15 is 0 Å². The third-order valence-electron chi connectivity index (χ3n) is 5.73. The lowest BCUT2D eigenvalue weighted by atomic mass is 10.0. The van der Waals surface area contributed by atoms with E-state index in [9.17, 15) is 4.79 Å². The fourth-order valence-corrected chi connectivity index (χ4v) is 4.72. The van der Waals surface area contributed by atoms with Gasteiger partial charge in [0.05, 0.1) is 0 Å². The van der Waals surface area contributed by atoms with E-state index in [1.807, 2.05) is 25.1 Å². The summed E-state index contributed by atoms with van der Waals surface area (Å²) in [4.78, 5) is 15.8. The first-order valence-corrected chi connectivity index (χ1v) is 10.7. The molecular formula is C23H25IN2O. The van der Waals surface area contributed by atoms with Crippen LogP contribution in [0.3, 0.4) is 0 Å². The molecule has 1 aromatic heterocycles. The maximum absolute atomic E-state index is 13.4. The van der Waals surface area contributed by atoms with Gasteiger partial charge >= 0.3 is 0 Å². The van der Waals surface area contributed by atoms with Crippen LogP contribution in [0.15, 0.2) is 48.7 Å². The number of piperidine rings is 1. The molecule has 2 aromatic carbocycles. The summed E-state index contributed by atoms with van der Waals surface area (Å²) in [6.07, 6.45) is 5.88. The van der Waals surface area contributed by atoms with Crippen molar-refractivity contribution in [2.75, 3.05) is 13.6 Å². The van der Waals surface area contributed by atoms with Crippen LogP contribution < -0.4 is 0 Å². The first-order valence-electron chi connectivity index (χ1n) is 9.63. The van der Waals surface area contributed by atoms with Gasteiger partial charge in [-0.15, -0.1) is 0 Å². The standard InChI is InChI=1S/C23H25IN2O/c1-16-10-11-21(24)19(13-16)23(27)20-15-26(22-9-4-3-8-18(20)22)14-17-7-5-6-12-25(17)2/h3-4,8-11,13,15,17H,5-7,12,14H2,1-2H3. The predicted molar refractivity (Wildman–Crippen MR) is 120 cm³/mol. The summed E-state index contributed by atoms with van der Waals surface area (Å²) in [6, 6.07) is 14.9. The quantitative estimate of drug-likeness (QED) is 0.382. The number of rotatable bonds is 4. The lowest BCUT2D eigenvalue weighted by molar-refractivity contribution is 0.103. The van der Waals surface area contributed by atoms with Crippen molar-refractivity contribution < 1.29 is 4.79 Å². The van der Waals surface area contributed by atoms with E-state index < -0.39 is 0 Å². The number of ketones is 1. The Balaban J connectivity index is 1.75. The van der Waals surface area contributed by atoms with Gasteiger partial charge in [-0.2, -0.15) is 0 Å². The van der Waals surface area contributed by atoms with E-state index in [0.717, 1.165) is 44.3 Å². The van der Waals surface area contributed by atoms with Crippen molar-refractivity contribution in [2.24, 2.45) is 0 Å². The summed E-state index contributed by atoms with van der Waals surface area (Å²) in [5, 5.41) is 1.05. The first kappa shape index (κ1) is 18.7. The number of para-hydroxylation sites is 1. The molecule has 3 aromatic rings. The Hall–Kier alpha value is -1.66. The second-order valence-electron chi connectivity index (χ2n) is 7.65. The SMILES string of the molecule is Cc1ccc(I)c(C(=O)c2cn(CC3CCCCN3C)c3ccccc23)c1. The van der Waals surface area contributed by atoms with Gasteiger partial charge in [-0.3, -0.25) is 4.79 Å². The zero-order valence-electron chi connectivity index (χ0n) is 15.9. The highest BCUT2D eigenvalue weighted by Crippen LogP contribution is 2.27. The predicted octanol–water partition coefficient (Wildman–Crippen LogP) is 5.27. The number of aryl methyl sites for hydroxylation is 1. The van der Waals surface area contributed by atoms with Gasteiger partial charge in [-0.1, -0.05) is 36.2 Å². The van der Waals surface area contributed by atoms with Gasteiger partial charge in [0.15, 0.2) is 5.78 Å². The van der Waals surface area contributed by atoms with Gasteiger partial charge in [0.2, 0.25) is 0 Å². The Kier molecular flexibility index (Phi) is 5.37. The highest BCUT2D eigenvalue weighted by Gasteiger charge is 2.23. The normalized spacial score (nSPS) is 18.1. The number of hydrogen-bond donors (Lipinski definition) is 0. The molecule has 1 saturated heterocycles. The van der Waals surface area contributed by atoms with Crippen LogP contribution in [0, 0.1) is 10.5 Å². The van der Waals surface area contributed by atoms with Crippen molar-refractivity contribution in [2.45, 2.75) is 38.8 Å². The zero-order valence-corrected chi connectivity index (χ0v) is 18.1. The number of hydrogen-bond acceptors (Lipinski definition) is 2. The first-order chi connectivity index (χ1) is 13.0. The Labute approximate surface area is 174 Å². The second-order valence-corrected chi connectivity index (χ2v) is 8.82. The summed E-state index contributed by atoms with van der Waals surface area (Å²) in [6.45, 7) is 4.14. The van der Waals surface area contributed by atoms with Gasteiger partial charge in [0, 0.05) is 44.4 Å². The van der Waals surface area contributed by atoms with Gasteiger partial charge in [0.25, 0.3) is 0 Å². The number of benzene rings is 2. The molecule has 0 N–H and O–H groups in total. The van der Waals surface area contributed by atoms with E-state index in [1.54, 1.807) is 0 Å². The Bertz CT molecular complexity index is 991. The fraction of sp³-hybridized carbons (Fsp3) is 0.348. The Morgan fingerprint density at radius 1 is 1.15 bits per heavy atom. The van der Waals surface area contributed by atoms with Crippen molar-refractivity contribution in [3.8, 4) is 0 Å². The van der Waals surface area contributed by atoms with Crippen LogP contribution in [0.5, 0.6) is 0 Å². The maximum atomic E-state index is 13.4. The van der Waals surface area contributed by atoms with Crippen molar-refractivity contribution in [1.82, 2.24) is 9.47 Å². The molecule has 1 atom stereocenters. The largest absolute Gasteiger partial charge is 0.345 e. The number of fused-ring (bicyclic) bond motifs is 1. The molecule has 140 valence electrons. The van der Waals surface area contributed by atoms with Crippen LogP contribution in [0.4, 0.5) is 0 Å². The topological polar surface area (TPSA) is 25.2 Å². The van der Waals surface area contributed by atoms with E-state index in [1.165, 1.54) is 19.3 Å². The van der Waals surface area contributed by atoms with Crippen LogP contribution in [-0.2, 0) is 6.54 Å². The van der Waals surface area contributed by atoms with Crippen LogP contribution in [0.1, 0.15) is 40.7 Å². The van der Waals surface area contributed by atoms with E-state index in [2.05, 4.69) is 69.6 Å². The van der Waals surface area contributed by atoms with Gasteiger partial charge in [-0.05, 0) is 74.1 Å². The van der Waals surface area contributed by atoms with Crippen LogP contribution in [0.25, 0.3) is 10.9 Å². The summed E-state index contributed by atoms with van der Waals surface area (Å²) >= 11 is 2.26. The highest BCUT2D eigenvalue weighted by atomic mass is 127. The van der Waals surface area contributed by atoms with Crippen molar-refractivity contribution in [3.05, 3.63) is 68.9 Å². The molecule has 0 aliphatic carbocycles. The molecule has 0 spiro atoms. The number of halogens is 1. The van der Waals surface area contributed by atoms with Crippen LogP contribution in [0.2, 0.25) is 0 Å². The monoisotopic (exact) mass is 472 g/mol. The smallest absolute Gasteiger partial charge is 0.196 e. The number of nitrogens with zero attached hydrogens (tertiary/aromatic N) is 2. The van der Waals surface area contributed by atoms with Gasteiger partial charge < -0.3 is 9.47 Å². The summed E-state index contributed by atoms with van der Waals surface area (Å²) < 4.78 is 3.30. The molecule has 27 heavy (non-hydrogen) atoms. The molecule has 0 amide bonds. The number of carbonyl (C=O) groups is 1. The second kappa shape index (κ2) is 7.76. The average molecular weight is 472 g/mol. The molecule has 0 bridgehead atoms. The molecule has 1 fully saturated rings. The minimum absolute atomic E-state index is 0.120. The molecular weight excluding hydrogens is 447 g/mol. The lowest BCUT2D eigenvalue weighted by Crippen LogP contribution is -2.39. The zero-order chi connectivity index (χ0) is 19.0.